The average molecular weight is 736 g/mol. The Kier molecular flexibility index (Phi) is 18.9. The molecule has 3 N–H and O–H groups in total. The van der Waals surface area contributed by atoms with Gasteiger partial charge in [-0.1, -0.05) is 103 Å². The summed E-state index contributed by atoms with van der Waals surface area (Å²) in [6, 6.07) is 12.8. The highest BCUT2D eigenvalue weighted by Gasteiger charge is 2.36. The van der Waals surface area contributed by atoms with Gasteiger partial charge >= 0.3 is 5.97 Å². The molecular weight excluding hydrogens is 670 g/mol. The van der Waals surface area contributed by atoms with Gasteiger partial charge in [0.2, 0.25) is 11.8 Å². The Morgan fingerprint density at radius 3 is 1.85 bits per heavy atom. The lowest BCUT2D eigenvalue weighted by Gasteiger charge is -2.33. The van der Waals surface area contributed by atoms with Crippen molar-refractivity contribution in [3.8, 4) is 11.1 Å². The second kappa shape index (κ2) is 22.2. The summed E-state index contributed by atoms with van der Waals surface area (Å²) in [7, 11) is 1.60. The zero-order valence-corrected chi connectivity index (χ0v) is 33.6. The first kappa shape index (κ1) is 45.1. The summed E-state index contributed by atoms with van der Waals surface area (Å²) in [5.41, 5.74) is 3.14. The van der Waals surface area contributed by atoms with Crippen molar-refractivity contribution in [2.24, 2.45) is 5.92 Å². The van der Waals surface area contributed by atoms with Gasteiger partial charge < -0.3 is 25.4 Å². The summed E-state index contributed by atoms with van der Waals surface area (Å²) < 4.78 is 6.13. The SMILES string of the molecule is CCCCC[C@H](NC(=O)[C@H](C)CC(=O)[C@@H](NC(=O)[C@H](CCCC)N(C)C(=O)c1ccc(-c2ccc(CCCC)cc2)cc1)C(C)OC(C)(C)C)C(=O)O. The van der Waals surface area contributed by atoms with Crippen LogP contribution in [0.1, 0.15) is 136 Å². The van der Waals surface area contributed by atoms with E-state index < -0.39 is 59.3 Å². The van der Waals surface area contributed by atoms with E-state index in [1.54, 1.807) is 33.0 Å². The number of nitrogens with zero attached hydrogens (tertiary/aromatic N) is 1. The molecule has 0 saturated carbocycles. The van der Waals surface area contributed by atoms with Crippen LogP contribution in [0.4, 0.5) is 0 Å². The third-order valence-electron chi connectivity index (χ3n) is 9.48. The number of carboxylic acid groups (broad SMARTS) is 1. The third kappa shape index (κ3) is 15.1. The minimum atomic E-state index is -1.12. The highest BCUT2D eigenvalue weighted by atomic mass is 16.5. The standard InChI is InChI=1S/C43H65N3O7/c1-10-13-16-18-35(42(51)52)44-39(48)29(4)28-37(47)38(30(5)53-43(6,7)8)45-40(49)36(19-15-12-3)46(9)41(50)34-26-24-33(25-27-34)32-22-20-31(21-23-32)17-14-11-2/h20-27,29-30,35-36,38H,10-19,28H2,1-9H3,(H,44,48)(H,45,49)(H,51,52)/t29-,30?,35+,36+,38+/m1/s1. The van der Waals surface area contributed by atoms with Gasteiger partial charge in [-0.25, -0.2) is 4.79 Å². The molecule has 2 aromatic rings. The molecule has 0 aliphatic rings. The molecule has 0 bridgehead atoms. The van der Waals surface area contributed by atoms with Crippen molar-refractivity contribution in [1.82, 2.24) is 15.5 Å². The number of amides is 3. The smallest absolute Gasteiger partial charge is 0.326 e. The van der Waals surface area contributed by atoms with E-state index in [0.29, 0.717) is 31.2 Å². The van der Waals surface area contributed by atoms with Crippen molar-refractivity contribution < 1.29 is 33.8 Å². The number of carboxylic acids is 1. The van der Waals surface area contributed by atoms with Crippen LogP contribution in [0.15, 0.2) is 48.5 Å². The summed E-state index contributed by atoms with van der Waals surface area (Å²) in [5, 5.41) is 15.1. The van der Waals surface area contributed by atoms with Crippen LogP contribution in [-0.2, 0) is 30.3 Å². The van der Waals surface area contributed by atoms with Crippen molar-refractivity contribution in [2.45, 2.75) is 156 Å². The maximum absolute atomic E-state index is 14.1. The largest absolute Gasteiger partial charge is 0.480 e. The number of likely N-dealkylation sites (N-methyl/N-ethyl adjacent to an activating group) is 1. The minimum absolute atomic E-state index is 0.238. The summed E-state index contributed by atoms with van der Waals surface area (Å²) in [6.45, 7) is 15.0. The van der Waals surface area contributed by atoms with Gasteiger partial charge in [0.15, 0.2) is 5.78 Å². The van der Waals surface area contributed by atoms with Gasteiger partial charge in [0.25, 0.3) is 5.91 Å². The van der Waals surface area contributed by atoms with E-state index >= 15 is 0 Å². The summed E-state index contributed by atoms with van der Waals surface area (Å²) in [5.74, 6) is -3.74. The van der Waals surface area contributed by atoms with Crippen LogP contribution in [0.2, 0.25) is 0 Å². The van der Waals surface area contributed by atoms with Crippen molar-refractivity contribution >= 4 is 29.5 Å². The quantitative estimate of drug-likeness (QED) is 0.0991. The topological polar surface area (TPSA) is 142 Å². The molecule has 1 unspecified atom stereocenters. The number of benzene rings is 2. The number of ether oxygens (including phenoxy) is 1. The molecule has 0 aliphatic carbocycles. The Bertz CT molecular complexity index is 1470. The number of hydrogen-bond acceptors (Lipinski definition) is 6. The predicted molar refractivity (Wildman–Crippen MR) is 211 cm³/mol. The molecular formula is C43H65N3O7. The predicted octanol–water partition coefficient (Wildman–Crippen LogP) is 7.76. The number of rotatable bonds is 23. The van der Waals surface area contributed by atoms with Crippen LogP contribution in [0, 0.1) is 5.92 Å². The molecule has 3 amide bonds. The van der Waals surface area contributed by atoms with E-state index in [2.05, 4.69) is 41.8 Å². The molecule has 0 heterocycles. The first-order valence-electron chi connectivity index (χ1n) is 19.5. The van der Waals surface area contributed by atoms with E-state index in [1.807, 2.05) is 46.8 Å². The maximum atomic E-state index is 14.1. The van der Waals surface area contributed by atoms with E-state index in [1.165, 1.54) is 10.5 Å². The molecule has 2 aromatic carbocycles. The number of hydrogen-bond donors (Lipinski definition) is 3. The molecule has 2 rings (SSSR count). The van der Waals surface area contributed by atoms with Crippen LogP contribution in [-0.4, -0.2) is 76.4 Å². The lowest BCUT2D eigenvalue weighted by molar-refractivity contribution is -0.143. The number of Topliss-reactive ketones (excluding diaryl/α,β-unsaturated/α-hetero) is 1. The van der Waals surface area contributed by atoms with Gasteiger partial charge in [-0.15, -0.1) is 0 Å². The molecule has 5 atom stereocenters. The molecule has 0 saturated heterocycles. The van der Waals surface area contributed by atoms with E-state index in [0.717, 1.165) is 49.7 Å². The Morgan fingerprint density at radius 2 is 1.32 bits per heavy atom. The molecule has 10 nitrogen and oxygen atoms in total. The summed E-state index contributed by atoms with van der Waals surface area (Å²) in [6.07, 6.45) is 6.92. The normalized spacial score (nSPS) is 14.4. The average Bonchev–Trinajstić information content (AvgIpc) is 3.11. The Balaban J connectivity index is 2.26. The highest BCUT2D eigenvalue weighted by molar-refractivity contribution is 5.99. The van der Waals surface area contributed by atoms with Gasteiger partial charge in [0.05, 0.1) is 11.7 Å². The first-order valence-corrected chi connectivity index (χ1v) is 19.5. The van der Waals surface area contributed by atoms with E-state index in [9.17, 15) is 29.1 Å². The van der Waals surface area contributed by atoms with Gasteiger partial charge in [-0.05, 0) is 82.2 Å². The second-order valence-electron chi connectivity index (χ2n) is 15.3. The number of carbonyl (C=O) groups is 5. The Labute approximate surface area is 317 Å². The molecule has 53 heavy (non-hydrogen) atoms. The van der Waals surface area contributed by atoms with Gasteiger partial charge in [0.1, 0.15) is 18.1 Å². The fourth-order valence-corrected chi connectivity index (χ4v) is 6.32. The lowest BCUT2D eigenvalue weighted by Crippen LogP contribution is -2.56. The molecule has 0 fully saturated rings. The number of aryl methyl sites for hydroxylation is 1. The molecule has 294 valence electrons. The zero-order valence-electron chi connectivity index (χ0n) is 33.6. The van der Waals surface area contributed by atoms with Crippen molar-refractivity contribution in [1.29, 1.82) is 0 Å². The van der Waals surface area contributed by atoms with Gasteiger partial charge in [-0.2, -0.15) is 0 Å². The van der Waals surface area contributed by atoms with Crippen LogP contribution >= 0.6 is 0 Å². The fourth-order valence-electron chi connectivity index (χ4n) is 6.32. The third-order valence-corrected chi connectivity index (χ3v) is 9.48. The molecule has 0 aromatic heterocycles. The van der Waals surface area contributed by atoms with E-state index in [4.69, 9.17) is 4.74 Å². The Hall–Kier alpha value is -4.05. The monoisotopic (exact) mass is 735 g/mol. The van der Waals surface area contributed by atoms with Gasteiger partial charge in [0, 0.05) is 24.9 Å². The number of carbonyl (C=O) groups excluding carboxylic acids is 4. The van der Waals surface area contributed by atoms with Crippen LogP contribution in [0.25, 0.3) is 11.1 Å². The maximum Gasteiger partial charge on any atom is 0.326 e. The molecule has 0 radical (unpaired) electrons. The summed E-state index contributed by atoms with van der Waals surface area (Å²) >= 11 is 0. The highest BCUT2D eigenvalue weighted by Crippen LogP contribution is 2.23. The van der Waals surface area contributed by atoms with Crippen LogP contribution < -0.4 is 10.6 Å². The van der Waals surface area contributed by atoms with Crippen molar-refractivity contribution in [3.05, 3.63) is 59.7 Å². The number of unbranched alkanes of at least 4 members (excludes halogenated alkanes) is 4. The molecule has 0 aliphatic heterocycles. The lowest BCUT2D eigenvalue weighted by atomic mass is 9.95. The van der Waals surface area contributed by atoms with E-state index in [-0.39, 0.29) is 12.3 Å². The fraction of sp³-hybridized carbons (Fsp3) is 0.605. The zero-order chi connectivity index (χ0) is 39.7. The van der Waals surface area contributed by atoms with Crippen LogP contribution in [0.3, 0.4) is 0 Å². The number of nitrogens with one attached hydrogen (secondary N) is 2. The van der Waals surface area contributed by atoms with Crippen LogP contribution in [0.5, 0.6) is 0 Å². The van der Waals surface area contributed by atoms with Gasteiger partial charge in [-0.3, -0.25) is 19.2 Å². The second-order valence-corrected chi connectivity index (χ2v) is 15.3. The van der Waals surface area contributed by atoms with Crippen molar-refractivity contribution in [2.75, 3.05) is 7.05 Å². The number of aliphatic carboxylic acids is 1. The van der Waals surface area contributed by atoms with Crippen molar-refractivity contribution in [3.63, 3.8) is 0 Å². The first-order chi connectivity index (χ1) is 25.0. The summed E-state index contributed by atoms with van der Waals surface area (Å²) in [4.78, 5) is 68.0. The minimum Gasteiger partial charge on any atom is -0.480 e. The number of ketones is 1. The molecule has 0 spiro atoms. The molecule has 10 heteroatoms. The Morgan fingerprint density at radius 1 is 0.755 bits per heavy atom.